The number of fused-ring (bicyclic) bond motifs is 2. The highest BCUT2D eigenvalue weighted by molar-refractivity contribution is 9.10. The van der Waals surface area contributed by atoms with E-state index in [0.717, 1.165) is 22.9 Å². The molecule has 160 valence electrons. The van der Waals surface area contributed by atoms with Gasteiger partial charge in [-0.2, -0.15) is 0 Å². The molecule has 2 aromatic carbocycles. The highest BCUT2D eigenvalue weighted by Crippen LogP contribution is 2.40. The summed E-state index contributed by atoms with van der Waals surface area (Å²) >= 11 is 3.43. The van der Waals surface area contributed by atoms with Gasteiger partial charge in [-0.1, -0.05) is 28.1 Å². The third kappa shape index (κ3) is 3.55. The molecule has 7 heteroatoms. The van der Waals surface area contributed by atoms with Gasteiger partial charge in [-0.25, -0.2) is 0 Å². The molecule has 0 bridgehead atoms. The molecule has 2 unspecified atom stereocenters. The second-order valence-corrected chi connectivity index (χ2v) is 8.73. The van der Waals surface area contributed by atoms with E-state index >= 15 is 0 Å². The Morgan fingerprint density at radius 3 is 2.84 bits per heavy atom. The Hall–Kier alpha value is -2.64. The highest BCUT2D eigenvalue weighted by atomic mass is 79.9. The third-order valence-electron chi connectivity index (χ3n) is 5.84. The van der Waals surface area contributed by atoms with Gasteiger partial charge in [0, 0.05) is 17.6 Å². The summed E-state index contributed by atoms with van der Waals surface area (Å²) in [5.74, 6) is 0.537. The molecule has 6 nitrogen and oxygen atoms in total. The molecular formula is C24H22BrNO5. The van der Waals surface area contributed by atoms with Crippen molar-refractivity contribution in [3.05, 3.63) is 74.0 Å². The number of ether oxygens (including phenoxy) is 2. The monoisotopic (exact) mass is 483 g/mol. The van der Waals surface area contributed by atoms with Gasteiger partial charge in [0.25, 0.3) is 5.91 Å². The number of hydrogen-bond donors (Lipinski definition) is 0. The molecule has 1 fully saturated rings. The molecule has 1 saturated heterocycles. The number of carbonyl (C=O) groups is 1. The summed E-state index contributed by atoms with van der Waals surface area (Å²) in [5, 5.41) is 0.450. The molecule has 5 rings (SSSR count). The molecule has 0 spiro atoms. The minimum absolute atomic E-state index is 0.0468. The number of carbonyl (C=O) groups excluding carboxylic acids is 1. The van der Waals surface area contributed by atoms with E-state index in [1.165, 1.54) is 0 Å². The standard InChI is InChI=1S/C24H22BrNO5/c1-2-29-16-6-3-5-14(11-16)21-20-22(27)18-12-15(25)8-9-19(18)31-23(20)24(28)26(21)13-17-7-4-10-30-17/h3,5-6,8-9,11-12,17,21H,2,4,7,10,13H2,1H3. The summed E-state index contributed by atoms with van der Waals surface area (Å²) in [4.78, 5) is 28.7. The second kappa shape index (κ2) is 8.13. The maximum Gasteiger partial charge on any atom is 0.291 e. The van der Waals surface area contributed by atoms with Crippen LogP contribution in [-0.4, -0.2) is 36.7 Å². The average molecular weight is 484 g/mol. The van der Waals surface area contributed by atoms with Crippen LogP contribution in [0.4, 0.5) is 0 Å². The van der Waals surface area contributed by atoms with Gasteiger partial charge >= 0.3 is 0 Å². The fourth-order valence-corrected chi connectivity index (χ4v) is 4.84. The first-order valence-corrected chi connectivity index (χ1v) is 11.3. The fraction of sp³-hybridized carbons (Fsp3) is 0.333. The topological polar surface area (TPSA) is 69.0 Å². The van der Waals surface area contributed by atoms with Gasteiger partial charge in [-0.15, -0.1) is 0 Å². The van der Waals surface area contributed by atoms with Crippen LogP contribution in [0.15, 0.2) is 56.1 Å². The number of rotatable bonds is 5. The van der Waals surface area contributed by atoms with Crippen LogP contribution in [-0.2, 0) is 4.74 Å². The van der Waals surface area contributed by atoms with Crippen molar-refractivity contribution in [2.45, 2.75) is 31.9 Å². The minimum Gasteiger partial charge on any atom is -0.494 e. The van der Waals surface area contributed by atoms with Crippen molar-refractivity contribution < 1.29 is 18.7 Å². The number of hydrogen-bond acceptors (Lipinski definition) is 5. The Kier molecular flexibility index (Phi) is 5.32. The summed E-state index contributed by atoms with van der Waals surface area (Å²) in [6, 6.07) is 12.3. The van der Waals surface area contributed by atoms with Crippen LogP contribution >= 0.6 is 15.9 Å². The summed E-state index contributed by atoms with van der Waals surface area (Å²) in [5.41, 5.74) is 1.41. The Labute approximate surface area is 187 Å². The first-order valence-electron chi connectivity index (χ1n) is 10.5. The van der Waals surface area contributed by atoms with Gasteiger partial charge < -0.3 is 18.8 Å². The molecule has 1 aromatic heterocycles. The first kappa shape index (κ1) is 20.3. The smallest absolute Gasteiger partial charge is 0.291 e. The van der Waals surface area contributed by atoms with Crippen molar-refractivity contribution in [1.82, 2.24) is 4.90 Å². The van der Waals surface area contributed by atoms with E-state index in [2.05, 4.69) is 15.9 Å². The number of amides is 1. The molecule has 0 aliphatic carbocycles. The minimum atomic E-state index is -0.549. The van der Waals surface area contributed by atoms with E-state index in [0.29, 0.717) is 42.0 Å². The maximum atomic E-state index is 13.6. The van der Waals surface area contributed by atoms with Crippen LogP contribution in [0.3, 0.4) is 0 Å². The molecule has 2 aliphatic heterocycles. The Bertz CT molecular complexity index is 1210. The zero-order valence-corrected chi connectivity index (χ0v) is 18.7. The summed E-state index contributed by atoms with van der Waals surface area (Å²) in [6.45, 7) is 3.55. The molecule has 3 aromatic rings. The molecule has 0 N–H and O–H groups in total. The number of nitrogens with zero attached hydrogens (tertiary/aromatic N) is 1. The van der Waals surface area contributed by atoms with Crippen molar-refractivity contribution in [2.75, 3.05) is 19.8 Å². The van der Waals surface area contributed by atoms with E-state index < -0.39 is 6.04 Å². The van der Waals surface area contributed by atoms with Crippen molar-refractivity contribution in [2.24, 2.45) is 0 Å². The molecule has 2 aliphatic rings. The van der Waals surface area contributed by atoms with Crippen molar-refractivity contribution in [1.29, 1.82) is 0 Å². The van der Waals surface area contributed by atoms with Gasteiger partial charge in [0.05, 0.1) is 29.7 Å². The van der Waals surface area contributed by atoms with E-state index in [9.17, 15) is 9.59 Å². The predicted molar refractivity (Wildman–Crippen MR) is 120 cm³/mol. The highest BCUT2D eigenvalue weighted by Gasteiger charge is 2.44. The summed E-state index contributed by atoms with van der Waals surface area (Å²) in [6.07, 6.45) is 1.82. The van der Waals surface area contributed by atoms with Crippen LogP contribution in [0.5, 0.6) is 5.75 Å². The number of halogens is 1. The predicted octanol–water partition coefficient (Wildman–Crippen LogP) is 4.68. The first-order chi connectivity index (χ1) is 15.1. The van der Waals surface area contributed by atoms with E-state index in [1.54, 1.807) is 23.1 Å². The molecular weight excluding hydrogens is 462 g/mol. The van der Waals surface area contributed by atoms with Gasteiger partial charge in [0.2, 0.25) is 5.76 Å². The molecule has 2 atom stereocenters. The lowest BCUT2D eigenvalue weighted by atomic mass is 9.98. The third-order valence-corrected chi connectivity index (χ3v) is 6.33. The molecule has 3 heterocycles. The Morgan fingerprint density at radius 2 is 2.06 bits per heavy atom. The molecule has 1 amide bonds. The lowest BCUT2D eigenvalue weighted by Crippen LogP contribution is -2.36. The zero-order chi connectivity index (χ0) is 21.5. The van der Waals surface area contributed by atoms with E-state index in [4.69, 9.17) is 13.9 Å². The van der Waals surface area contributed by atoms with Gasteiger partial charge in [0.1, 0.15) is 11.3 Å². The zero-order valence-electron chi connectivity index (χ0n) is 17.1. The average Bonchev–Trinajstić information content (AvgIpc) is 3.37. The van der Waals surface area contributed by atoms with Crippen LogP contribution in [0.25, 0.3) is 11.0 Å². The molecule has 31 heavy (non-hydrogen) atoms. The maximum absolute atomic E-state index is 13.6. The molecule has 0 saturated carbocycles. The SMILES string of the molecule is CCOc1cccc(C2c3c(oc4ccc(Br)cc4c3=O)C(=O)N2CC2CCCO2)c1. The van der Waals surface area contributed by atoms with Crippen LogP contribution in [0, 0.1) is 0 Å². The van der Waals surface area contributed by atoms with Crippen LogP contribution < -0.4 is 10.2 Å². The lowest BCUT2D eigenvalue weighted by Gasteiger charge is -2.27. The van der Waals surface area contributed by atoms with Crippen molar-refractivity contribution in [3.8, 4) is 5.75 Å². The normalized spacial score (nSPS) is 20.5. The number of benzene rings is 2. The largest absolute Gasteiger partial charge is 0.494 e. The van der Waals surface area contributed by atoms with Gasteiger partial charge in [-0.05, 0) is 55.7 Å². The quantitative estimate of drug-likeness (QED) is 0.526. The van der Waals surface area contributed by atoms with E-state index in [-0.39, 0.29) is 23.2 Å². The fourth-order valence-electron chi connectivity index (χ4n) is 4.48. The Balaban J connectivity index is 1.69. The summed E-state index contributed by atoms with van der Waals surface area (Å²) in [7, 11) is 0. The van der Waals surface area contributed by atoms with Gasteiger partial charge in [0.15, 0.2) is 5.43 Å². The Morgan fingerprint density at radius 1 is 1.19 bits per heavy atom. The molecule has 0 radical (unpaired) electrons. The van der Waals surface area contributed by atoms with Crippen molar-refractivity contribution >= 4 is 32.8 Å². The lowest BCUT2D eigenvalue weighted by molar-refractivity contribution is 0.0486. The second-order valence-electron chi connectivity index (χ2n) is 7.82. The van der Waals surface area contributed by atoms with Crippen molar-refractivity contribution in [3.63, 3.8) is 0 Å². The van der Waals surface area contributed by atoms with E-state index in [1.807, 2.05) is 31.2 Å². The van der Waals surface area contributed by atoms with Gasteiger partial charge in [-0.3, -0.25) is 9.59 Å². The van der Waals surface area contributed by atoms with Crippen LogP contribution in [0.2, 0.25) is 0 Å². The van der Waals surface area contributed by atoms with Crippen LogP contribution in [0.1, 0.15) is 47.5 Å². The summed E-state index contributed by atoms with van der Waals surface area (Å²) < 4.78 is 18.2.